The van der Waals surface area contributed by atoms with E-state index in [4.69, 9.17) is 9.47 Å². The van der Waals surface area contributed by atoms with Crippen molar-refractivity contribution in [1.29, 1.82) is 0 Å². The Bertz CT molecular complexity index is 1070. The molecule has 1 saturated heterocycles. The van der Waals surface area contributed by atoms with Crippen LogP contribution in [-0.4, -0.2) is 83.9 Å². The fourth-order valence-corrected chi connectivity index (χ4v) is 5.26. The number of hydrogen-bond donors (Lipinski definition) is 3. The molecule has 0 bridgehead atoms. The average molecular weight is 653 g/mol. The second kappa shape index (κ2) is 18.2. The Morgan fingerprint density at radius 1 is 0.609 bits per heavy atom. The van der Waals surface area contributed by atoms with Gasteiger partial charge in [0.2, 0.25) is 11.8 Å². The molecule has 0 spiro atoms. The molecule has 0 aromatic carbocycles. The number of esters is 2. The van der Waals surface area contributed by atoms with Gasteiger partial charge in [-0.3, -0.25) is 19.2 Å². The van der Waals surface area contributed by atoms with Crippen LogP contribution in [0.15, 0.2) is 0 Å². The molecule has 0 aromatic rings. The number of hydrogen-bond acceptors (Lipinski definition) is 8. The van der Waals surface area contributed by atoms with Crippen molar-refractivity contribution in [3.63, 3.8) is 0 Å². The van der Waals surface area contributed by atoms with Crippen molar-refractivity contribution in [2.45, 2.75) is 139 Å². The maximum atomic E-state index is 13.9. The Labute approximate surface area is 275 Å². The van der Waals surface area contributed by atoms with Gasteiger partial charge in [-0.2, -0.15) is 0 Å². The third-order valence-electron chi connectivity index (χ3n) is 8.33. The molecule has 7 atom stereocenters. The Balaban J connectivity index is 3.83. The van der Waals surface area contributed by atoms with Crippen LogP contribution >= 0.6 is 0 Å². The van der Waals surface area contributed by atoms with Gasteiger partial charge in [-0.15, -0.1) is 0 Å². The van der Waals surface area contributed by atoms with Crippen molar-refractivity contribution in [2.24, 2.45) is 35.5 Å². The van der Waals surface area contributed by atoms with Crippen molar-refractivity contribution in [3.05, 3.63) is 0 Å². The van der Waals surface area contributed by atoms with Crippen LogP contribution in [0.4, 0.5) is 0 Å². The van der Waals surface area contributed by atoms with Crippen LogP contribution in [0.25, 0.3) is 0 Å². The van der Waals surface area contributed by atoms with Crippen LogP contribution in [-0.2, 0) is 38.2 Å². The van der Waals surface area contributed by atoms with Gasteiger partial charge in [-0.1, -0.05) is 89.5 Å². The molecule has 264 valence electrons. The van der Waals surface area contributed by atoms with E-state index < -0.39 is 83.8 Å². The monoisotopic (exact) mass is 652 g/mol. The van der Waals surface area contributed by atoms with E-state index in [1.54, 1.807) is 48.5 Å². The number of nitrogens with zero attached hydrogens (tertiary/aromatic N) is 1. The molecule has 0 aliphatic carbocycles. The van der Waals surface area contributed by atoms with Gasteiger partial charge in [0.05, 0.1) is 0 Å². The first-order valence-corrected chi connectivity index (χ1v) is 16.8. The number of carbonyl (C=O) groups is 6. The lowest BCUT2D eigenvalue weighted by Gasteiger charge is -2.35. The summed E-state index contributed by atoms with van der Waals surface area (Å²) in [6.07, 6.45) is -1.52. The molecule has 0 saturated carbocycles. The molecular weight excluding hydrogens is 592 g/mol. The molecule has 12 heteroatoms. The Morgan fingerprint density at radius 2 is 1.07 bits per heavy atom. The smallest absolute Gasteiger partial charge is 0.329 e. The Kier molecular flexibility index (Phi) is 16.2. The standard InChI is InChI=1S/C34H60N4O8/c1-14-22(12)26-29(39)35-23(15-17(2)3)33(43)45-27(20(8)9)30(40)36-25(19(6)7)32(42)38(13)24(16-18(4)5)34(44)46-28(21(10)11)31(41)37-26/h17-28H,14-16H2,1-13H3,(H,35,39)(H,36,40)(H,37,41)/t22?,23-,24+,25?,26-,27+,28+/m0/s1. The van der Waals surface area contributed by atoms with E-state index in [0.29, 0.717) is 6.42 Å². The lowest BCUT2D eigenvalue weighted by molar-refractivity contribution is -0.167. The molecule has 0 aromatic heterocycles. The Morgan fingerprint density at radius 3 is 1.48 bits per heavy atom. The van der Waals surface area contributed by atoms with Crippen molar-refractivity contribution in [2.75, 3.05) is 7.05 Å². The van der Waals surface area contributed by atoms with Gasteiger partial charge in [-0.25, -0.2) is 9.59 Å². The van der Waals surface area contributed by atoms with Gasteiger partial charge in [0.1, 0.15) is 24.2 Å². The molecule has 1 fully saturated rings. The number of ether oxygens (including phenoxy) is 2. The van der Waals surface area contributed by atoms with Gasteiger partial charge in [0, 0.05) is 7.05 Å². The number of amides is 4. The van der Waals surface area contributed by atoms with Gasteiger partial charge in [0.25, 0.3) is 11.8 Å². The first-order valence-electron chi connectivity index (χ1n) is 16.8. The zero-order chi connectivity index (χ0) is 35.6. The van der Waals surface area contributed by atoms with E-state index in [-0.39, 0.29) is 36.5 Å². The quantitative estimate of drug-likeness (QED) is 0.320. The average Bonchev–Trinajstić information content (AvgIpc) is 2.95. The fraction of sp³-hybridized carbons (Fsp3) is 0.824. The highest BCUT2D eigenvalue weighted by atomic mass is 16.6. The van der Waals surface area contributed by atoms with Crippen molar-refractivity contribution in [1.82, 2.24) is 20.9 Å². The summed E-state index contributed by atoms with van der Waals surface area (Å²) < 4.78 is 11.6. The molecule has 3 N–H and O–H groups in total. The second-order valence-electron chi connectivity index (χ2n) is 14.6. The highest BCUT2D eigenvalue weighted by Gasteiger charge is 2.41. The summed E-state index contributed by atoms with van der Waals surface area (Å²) in [7, 11) is 1.47. The molecule has 4 amide bonds. The summed E-state index contributed by atoms with van der Waals surface area (Å²) in [4.78, 5) is 83.5. The molecule has 0 radical (unpaired) electrons. The fourth-order valence-electron chi connectivity index (χ4n) is 5.26. The lowest BCUT2D eigenvalue weighted by atomic mass is 9.95. The van der Waals surface area contributed by atoms with Crippen LogP contribution in [0.3, 0.4) is 0 Å². The minimum Gasteiger partial charge on any atom is -0.450 e. The molecule has 1 heterocycles. The van der Waals surface area contributed by atoms with E-state index in [0.717, 1.165) is 0 Å². The van der Waals surface area contributed by atoms with Gasteiger partial charge < -0.3 is 30.3 Å². The van der Waals surface area contributed by atoms with Crippen LogP contribution in [0.1, 0.15) is 102 Å². The maximum absolute atomic E-state index is 13.9. The highest BCUT2D eigenvalue weighted by Crippen LogP contribution is 2.21. The first-order chi connectivity index (χ1) is 21.2. The number of nitrogens with one attached hydrogen (secondary N) is 3. The molecule has 46 heavy (non-hydrogen) atoms. The zero-order valence-corrected chi connectivity index (χ0v) is 30.3. The molecule has 2 unspecified atom stereocenters. The summed E-state index contributed by atoms with van der Waals surface area (Å²) in [6, 6.07) is -4.26. The summed E-state index contributed by atoms with van der Waals surface area (Å²) in [5.74, 6) is -5.68. The van der Waals surface area contributed by atoms with Crippen LogP contribution in [0.2, 0.25) is 0 Å². The molecule has 1 rings (SSSR count). The van der Waals surface area contributed by atoms with Crippen LogP contribution < -0.4 is 16.0 Å². The van der Waals surface area contributed by atoms with Gasteiger partial charge in [0.15, 0.2) is 12.2 Å². The first kappa shape index (κ1) is 40.8. The van der Waals surface area contributed by atoms with E-state index in [9.17, 15) is 28.8 Å². The lowest BCUT2D eigenvalue weighted by Crippen LogP contribution is -2.59. The predicted octanol–water partition coefficient (Wildman–Crippen LogP) is 3.21. The minimum atomic E-state index is -1.26. The number of rotatable bonds is 9. The normalized spacial score (nSPS) is 27.3. The third-order valence-corrected chi connectivity index (χ3v) is 8.33. The number of cyclic esters (lactones) is 2. The molecule has 1 aliphatic rings. The summed E-state index contributed by atoms with van der Waals surface area (Å²) in [5, 5.41) is 8.28. The molecule has 1 aliphatic heterocycles. The minimum absolute atomic E-state index is 0.0222. The number of likely N-dealkylation sites (N-methyl/N-ethyl adjacent to an activating group) is 1. The summed E-state index contributed by atoms with van der Waals surface area (Å²) in [5.41, 5.74) is 0. The second-order valence-corrected chi connectivity index (χ2v) is 14.6. The van der Waals surface area contributed by atoms with Gasteiger partial charge in [-0.05, 0) is 48.3 Å². The van der Waals surface area contributed by atoms with Gasteiger partial charge >= 0.3 is 11.9 Å². The summed E-state index contributed by atoms with van der Waals surface area (Å²) >= 11 is 0. The van der Waals surface area contributed by atoms with Crippen molar-refractivity contribution in [3.8, 4) is 0 Å². The highest BCUT2D eigenvalue weighted by molar-refractivity contribution is 5.95. The van der Waals surface area contributed by atoms with Crippen molar-refractivity contribution < 1.29 is 38.2 Å². The van der Waals surface area contributed by atoms with Crippen molar-refractivity contribution >= 4 is 35.6 Å². The van der Waals surface area contributed by atoms with E-state index >= 15 is 0 Å². The summed E-state index contributed by atoms with van der Waals surface area (Å²) in [6.45, 7) is 21.6. The Hall–Kier alpha value is -3.18. The van der Waals surface area contributed by atoms with Crippen LogP contribution in [0.5, 0.6) is 0 Å². The van der Waals surface area contributed by atoms with E-state index in [2.05, 4.69) is 16.0 Å². The number of carbonyl (C=O) groups excluding carboxylic acids is 6. The van der Waals surface area contributed by atoms with E-state index in [1.807, 2.05) is 34.6 Å². The molecular formula is C34H60N4O8. The molecule has 12 nitrogen and oxygen atoms in total. The predicted molar refractivity (Wildman–Crippen MR) is 175 cm³/mol. The maximum Gasteiger partial charge on any atom is 0.329 e. The largest absolute Gasteiger partial charge is 0.450 e. The van der Waals surface area contributed by atoms with Crippen LogP contribution in [0, 0.1) is 35.5 Å². The van der Waals surface area contributed by atoms with E-state index in [1.165, 1.54) is 11.9 Å². The topological polar surface area (TPSA) is 160 Å². The SMILES string of the molecule is CCC(C)[C@@H]1NC(=O)[C@@H](C(C)C)OC(=O)[C@@H](CC(C)C)N(C)C(=O)C(C(C)C)NC(=O)[C@@H](C(C)C)OC(=O)[C@H](CC(C)C)NC1=O. The third kappa shape index (κ3) is 11.6. The zero-order valence-electron chi connectivity index (χ0n) is 30.3.